The summed E-state index contributed by atoms with van der Waals surface area (Å²) in [7, 11) is 3.51. The zero-order valence-electron chi connectivity index (χ0n) is 13.6. The fraction of sp³-hybridized carbons (Fsp3) is 0.500. The lowest BCUT2D eigenvalue weighted by Crippen LogP contribution is -2.40. The monoisotopic (exact) mass is 333 g/mol. The summed E-state index contributed by atoms with van der Waals surface area (Å²) >= 11 is 1.80. The van der Waals surface area contributed by atoms with Gasteiger partial charge in [-0.05, 0) is 23.9 Å². The maximum Gasteiger partial charge on any atom is 0.316 e. The van der Waals surface area contributed by atoms with E-state index in [2.05, 4.69) is 43.6 Å². The second kappa shape index (κ2) is 7.14. The molecule has 2 aromatic rings. The highest BCUT2D eigenvalue weighted by molar-refractivity contribution is 7.09. The smallest absolute Gasteiger partial charge is 0.316 e. The van der Waals surface area contributed by atoms with Crippen molar-refractivity contribution in [3.63, 3.8) is 0 Å². The first-order valence-corrected chi connectivity index (χ1v) is 8.73. The van der Waals surface area contributed by atoms with Gasteiger partial charge in [0.2, 0.25) is 0 Å². The van der Waals surface area contributed by atoms with Crippen molar-refractivity contribution >= 4 is 17.4 Å². The van der Waals surface area contributed by atoms with Crippen molar-refractivity contribution in [3.8, 4) is 0 Å². The van der Waals surface area contributed by atoms with E-state index in [1.807, 2.05) is 6.20 Å². The molecular formula is C16H23N5OS. The Labute approximate surface area is 140 Å². The van der Waals surface area contributed by atoms with Crippen LogP contribution in [0.15, 0.2) is 29.8 Å². The summed E-state index contributed by atoms with van der Waals surface area (Å²) in [5.74, 6) is 0. The van der Waals surface area contributed by atoms with Crippen molar-refractivity contribution in [1.82, 2.24) is 24.9 Å². The first-order chi connectivity index (χ1) is 11.1. The molecule has 2 amide bonds. The Morgan fingerprint density at radius 2 is 2.35 bits per heavy atom. The number of hydrogen-bond donors (Lipinski definition) is 1. The molecule has 0 aliphatic carbocycles. The molecule has 0 aromatic carbocycles. The average Bonchev–Trinajstić information content (AvgIpc) is 3.18. The number of carbonyl (C=O) groups is 1. The van der Waals surface area contributed by atoms with Crippen LogP contribution in [0.2, 0.25) is 0 Å². The van der Waals surface area contributed by atoms with Crippen molar-refractivity contribution in [2.75, 3.05) is 27.2 Å². The molecule has 0 spiro atoms. The van der Waals surface area contributed by atoms with Crippen LogP contribution in [0.5, 0.6) is 0 Å². The van der Waals surface area contributed by atoms with Crippen LogP contribution in [0, 0.1) is 0 Å². The third-order valence-electron chi connectivity index (χ3n) is 4.07. The number of hydrogen-bond acceptors (Lipinski definition) is 4. The Balaban J connectivity index is 1.61. The van der Waals surface area contributed by atoms with E-state index in [4.69, 9.17) is 0 Å². The molecule has 0 radical (unpaired) electrons. The lowest BCUT2D eigenvalue weighted by atomic mass is 10.1. The molecule has 1 unspecified atom stereocenters. The second-order valence-corrected chi connectivity index (χ2v) is 7.12. The quantitative estimate of drug-likeness (QED) is 0.912. The molecule has 0 bridgehead atoms. The molecular weight excluding hydrogens is 310 g/mol. The van der Waals surface area contributed by atoms with E-state index in [9.17, 15) is 4.79 Å². The fourth-order valence-electron chi connectivity index (χ4n) is 2.93. The van der Waals surface area contributed by atoms with Gasteiger partial charge in [0.15, 0.2) is 0 Å². The first-order valence-electron chi connectivity index (χ1n) is 7.86. The van der Waals surface area contributed by atoms with Crippen LogP contribution in [0.25, 0.3) is 0 Å². The number of urea groups is 1. The summed E-state index contributed by atoms with van der Waals surface area (Å²) in [5.41, 5.74) is 1.25. The lowest BCUT2D eigenvalue weighted by Gasteiger charge is -2.33. The van der Waals surface area contributed by atoms with Gasteiger partial charge in [-0.3, -0.25) is 9.58 Å². The van der Waals surface area contributed by atoms with Gasteiger partial charge in [-0.1, -0.05) is 6.07 Å². The molecule has 0 fully saturated rings. The van der Waals surface area contributed by atoms with Crippen LogP contribution in [0.4, 0.5) is 4.79 Å². The van der Waals surface area contributed by atoms with E-state index in [1.165, 1.54) is 10.6 Å². The summed E-state index contributed by atoms with van der Waals surface area (Å²) in [4.78, 5) is 17.0. The minimum atomic E-state index is -0.0445. The second-order valence-electron chi connectivity index (χ2n) is 6.08. The van der Waals surface area contributed by atoms with Crippen LogP contribution in [0.1, 0.15) is 23.0 Å². The van der Waals surface area contributed by atoms with Gasteiger partial charge in [0.1, 0.15) is 0 Å². The van der Waals surface area contributed by atoms with Crippen molar-refractivity contribution in [2.45, 2.75) is 25.6 Å². The standard InChI is InChI=1S/C16H23N5OS/c1-19(2)16(22)17-7-5-13-10-20(12-15-4-3-9-23-15)11-14-6-8-18-21(13)14/h3-4,6,8-9,13H,5,7,10-12H2,1-2H3,(H,17,22). The van der Waals surface area contributed by atoms with Gasteiger partial charge >= 0.3 is 6.03 Å². The van der Waals surface area contributed by atoms with Gasteiger partial charge in [-0.2, -0.15) is 5.10 Å². The Morgan fingerprint density at radius 1 is 1.48 bits per heavy atom. The Morgan fingerprint density at radius 3 is 3.09 bits per heavy atom. The molecule has 0 saturated heterocycles. The number of carbonyl (C=O) groups excluding carboxylic acids is 1. The van der Waals surface area contributed by atoms with Crippen molar-refractivity contribution in [1.29, 1.82) is 0 Å². The topological polar surface area (TPSA) is 53.4 Å². The van der Waals surface area contributed by atoms with Crippen LogP contribution in [-0.4, -0.2) is 52.8 Å². The van der Waals surface area contributed by atoms with Gasteiger partial charge in [0, 0.05) is 51.3 Å². The molecule has 1 N–H and O–H groups in total. The molecule has 124 valence electrons. The largest absolute Gasteiger partial charge is 0.338 e. The Kier molecular flexibility index (Phi) is 4.97. The summed E-state index contributed by atoms with van der Waals surface area (Å²) in [6.07, 6.45) is 2.75. The number of thiophene rings is 1. The van der Waals surface area contributed by atoms with Crippen molar-refractivity contribution in [2.24, 2.45) is 0 Å². The van der Waals surface area contributed by atoms with Gasteiger partial charge < -0.3 is 10.2 Å². The maximum absolute atomic E-state index is 11.6. The van der Waals surface area contributed by atoms with E-state index in [-0.39, 0.29) is 6.03 Å². The molecule has 6 nitrogen and oxygen atoms in total. The molecule has 1 aliphatic heterocycles. The minimum Gasteiger partial charge on any atom is -0.338 e. The zero-order chi connectivity index (χ0) is 16.2. The van der Waals surface area contributed by atoms with Gasteiger partial charge in [-0.15, -0.1) is 11.3 Å². The molecule has 1 aliphatic rings. The number of aromatic nitrogens is 2. The third kappa shape index (κ3) is 3.92. The number of amides is 2. The Hall–Kier alpha value is -1.86. The molecule has 1 atom stereocenters. The summed E-state index contributed by atoms with van der Waals surface area (Å²) in [6, 6.07) is 6.63. The highest BCUT2D eigenvalue weighted by atomic mass is 32.1. The van der Waals surface area contributed by atoms with E-state index in [0.717, 1.165) is 26.1 Å². The van der Waals surface area contributed by atoms with E-state index in [0.29, 0.717) is 12.6 Å². The van der Waals surface area contributed by atoms with Gasteiger partial charge in [-0.25, -0.2) is 4.79 Å². The normalized spacial score (nSPS) is 17.7. The first kappa shape index (κ1) is 16.0. The van der Waals surface area contributed by atoms with Crippen LogP contribution in [-0.2, 0) is 13.1 Å². The van der Waals surface area contributed by atoms with E-state index < -0.39 is 0 Å². The SMILES string of the molecule is CN(C)C(=O)NCCC1CN(Cc2cccs2)Cc2ccnn21. The molecule has 3 rings (SSSR count). The fourth-order valence-corrected chi connectivity index (χ4v) is 3.67. The summed E-state index contributed by atoms with van der Waals surface area (Å²) in [5, 5.41) is 9.54. The molecule has 0 saturated carbocycles. The van der Waals surface area contributed by atoms with Gasteiger partial charge in [0.25, 0.3) is 0 Å². The number of fused-ring (bicyclic) bond motifs is 1. The minimum absolute atomic E-state index is 0.0445. The van der Waals surface area contributed by atoms with Crippen LogP contribution < -0.4 is 5.32 Å². The average molecular weight is 333 g/mol. The van der Waals surface area contributed by atoms with Crippen LogP contribution in [0.3, 0.4) is 0 Å². The Bertz CT molecular complexity index is 637. The highest BCUT2D eigenvalue weighted by Gasteiger charge is 2.25. The summed E-state index contributed by atoms with van der Waals surface area (Å²) < 4.78 is 2.12. The lowest BCUT2D eigenvalue weighted by molar-refractivity contribution is 0.161. The number of nitrogens with one attached hydrogen (secondary N) is 1. The van der Waals surface area contributed by atoms with E-state index in [1.54, 1.807) is 30.3 Å². The zero-order valence-corrected chi connectivity index (χ0v) is 14.4. The molecule has 23 heavy (non-hydrogen) atoms. The molecule has 3 heterocycles. The highest BCUT2D eigenvalue weighted by Crippen LogP contribution is 2.25. The number of nitrogens with zero attached hydrogens (tertiary/aromatic N) is 4. The number of rotatable bonds is 5. The predicted molar refractivity (Wildman–Crippen MR) is 91.4 cm³/mol. The third-order valence-corrected chi connectivity index (χ3v) is 4.93. The summed E-state index contributed by atoms with van der Waals surface area (Å²) in [6.45, 7) is 3.53. The maximum atomic E-state index is 11.6. The molecule has 7 heteroatoms. The van der Waals surface area contributed by atoms with Crippen LogP contribution >= 0.6 is 11.3 Å². The van der Waals surface area contributed by atoms with Crippen molar-refractivity contribution in [3.05, 3.63) is 40.3 Å². The molecule has 2 aromatic heterocycles. The predicted octanol–water partition coefficient (Wildman–Crippen LogP) is 2.16. The van der Waals surface area contributed by atoms with Crippen molar-refractivity contribution < 1.29 is 4.79 Å². The van der Waals surface area contributed by atoms with Gasteiger partial charge in [0.05, 0.1) is 11.7 Å². The van der Waals surface area contributed by atoms with E-state index >= 15 is 0 Å².